The van der Waals surface area contributed by atoms with Gasteiger partial charge in [0.05, 0.1) is 6.20 Å². The lowest BCUT2D eigenvalue weighted by atomic mass is 10.3. The van der Waals surface area contributed by atoms with Crippen LogP contribution >= 0.6 is 23.1 Å². The molecule has 0 aromatic carbocycles. The van der Waals surface area contributed by atoms with E-state index < -0.39 is 0 Å². The van der Waals surface area contributed by atoms with E-state index in [1.165, 1.54) is 4.88 Å². The van der Waals surface area contributed by atoms with Crippen LogP contribution in [0.25, 0.3) is 0 Å². The predicted octanol–water partition coefficient (Wildman–Crippen LogP) is 3.18. The molecule has 2 rings (SSSR count). The fourth-order valence-corrected chi connectivity index (χ4v) is 2.75. The molecule has 0 fully saturated rings. The second-order valence-electron chi connectivity index (χ2n) is 3.34. The summed E-state index contributed by atoms with van der Waals surface area (Å²) in [5.41, 5.74) is 0. The number of thiophene rings is 1. The first-order valence-electron chi connectivity index (χ1n) is 5.15. The van der Waals surface area contributed by atoms with E-state index in [4.69, 9.17) is 4.42 Å². The van der Waals surface area contributed by atoms with Crippen molar-refractivity contribution in [1.29, 1.82) is 0 Å². The Morgan fingerprint density at radius 2 is 2.56 bits per heavy atom. The van der Waals surface area contributed by atoms with Crippen LogP contribution in [0.1, 0.15) is 17.8 Å². The molecule has 0 aliphatic heterocycles. The molecule has 0 aliphatic rings. The molecule has 86 valence electrons. The molecule has 16 heavy (non-hydrogen) atoms. The van der Waals surface area contributed by atoms with Crippen molar-refractivity contribution in [3.63, 3.8) is 0 Å². The minimum Gasteiger partial charge on any atom is -0.440 e. The van der Waals surface area contributed by atoms with Crippen LogP contribution in [0.3, 0.4) is 0 Å². The fraction of sp³-hybridized carbons (Fsp3) is 0.364. The van der Waals surface area contributed by atoms with Gasteiger partial charge in [0.2, 0.25) is 0 Å². The van der Waals surface area contributed by atoms with E-state index in [2.05, 4.69) is 34.7 Å². The maximum absolute atomic E-state index is 5.14. The van der Waals surface area contributed by atoms with Gasteiger partial charge < -0.3 is 9.73 Å². The van der Waals surface area contributed by atoms with Gasteiger partial charge in [0, 0.05) is 23.2 Å². The molecule has 3 nitrogen and oxygen atoms in total. The third-order valence-corrected chi connectivity index (χ3v) is 4.07. The van der Waals surface area contributed by atoms with Crippen LogP contribution in [0.4, 0.5) is 0 Å². The first kappa shape index (κ1) is 11.7. The third-order valence-electron chi connectivity index (χ3n) is 2.16. The molecule has 2 heterocycles. The minimum absolute atomic E-state index is 0.421. The molecule has 2 aromatic heterocycles. The highest BCUT2D eigenvalue weighted by molar-refractivity contribution is 7.99. The Hall–Kier alpha value is -0.780. The minimum atomic E-state index is 0.421. The topological polar surface area (TPSA) is 38.1 Å². The highest BCUT2D eigenvalue weighted by atomic mass is 32.2. The van der Waals surface area contributed by atoms with E-state index >= 15 is 0 Å². The molecule has 1 unspecified atom stereocenters. The smallest absolute Gasteiger partial charge is 0.255 e. The largest absolute Gasteiger partial charge is 0.440 e. The van der Waals surface area contributed by atoms with Gasteiger partial charge in [0.1, 0.15) is 6.26 Å². The standard InChI is InChI=1S/C11H14N2OS2/c1-9(10-3-2-7-15-10)12-5-8-16-11-13-4-6-14-11/h2-4,6-7,9,12H,5,8H2,1H3. The molecule has 0 bridgehead atoms. The maximum atomic E-state index is 5.14. The average Bonchev–Trinajstić information content (AvgIpc) is 2.96. The van der Waals surface area contributed by atoms with Crippen molar-refractivity contribution in [1.82, 2.24) is 10.3 Å². The normalized spacial score (nSPS) is 12.8. The monoisotopic (exact) mass is 254 g/mol. The number of aromatic nitrogens is 1. The fourth-order valence-electron chi connectivity index (χ4n) is 1.33. The average molecular weight is 254 g/mol. The number of nitrogens with one attached hydrogen (secondary N) is 1. The van der Waals surface area contributed by atoms with Gasteiger partial charge in [-0.2, -0.15) is 0 Å². The van der Waals surface area contributed by atoms with Crippen molar-refractivity contribution in [2.45, 2.75) is 18.2 Å². The number of oxazole rings is 1. The van der Waals surface area contributed by atoms with Crippen LogP contribution in [0.15, 0.2) is 39.6 Å². The molecule has 0 radical (unpaired) electrons. The van der Waals surface area contributed by atoms with Gasteiger partial charge in [-0.25, -0.2) is 4.98 Å². The van der Waals surface area contributed by atoms with Gasteiger partial charge in [-0.3, -0.25) is 0 Å². The van der Waals surface area contributed by atoms with E-state index in [1.807, 2.05) is 0 Å². The van der Waals surface area contributed by atoms with Gasteiger partial charge in [0.25, 0.3) is 5.22 Å². The second kappa shape index (κ2) is 6.08. The summed E-state index contributed by atoms with van der Waals surface area (Å²) >= 11 is 3.42. The van der Waals surface area contributed by atoms with Crippen molar-refractivity contribution in [2.24, 2.45) is 0 Å². The Labute approximate surface area is 103 Å². The molecule has 5 heteroatoms. The molecule has 1 atom stereocenters. The lowest BCUT2D eigenvalue weighted by Crippen LogP contribution is -2.20. The summed E-state index contributed by atoms with van der Waals surface area (Å²) in [6, 6.07) is 4.66. The first-order chi connectivity index (χ1) is 7.86. The number of hydrogen-bond acceptors (Lipinski definition) is 5. The molecule has 0 saturated carbocycles. The number of nitrogens with zero attached hydrogens (tertiary/aromatic N) is 1. The van der Waals surface area contributed by atoms with Gasteiger partial charge >= 0.3 is 0 Å². The van der Waals surface area contributed by atoms with Crippen LogP contribution in [0, 0.1) is 0 Å². The van der Waals surface area contributed by atoms with E-state index in [0.717, 1.165) is 17.5 Å². The van der Waals surface area contributed by atoms with Crippen molar-refractivity contribution < 1.29 is 4.42 Å². The van der Waals surface area contributed by atoms with Gasteiger partial charge in [-0.05, 0) is 18.4 Å². The zero-order chi connectivity index (χ0) is 11.2. The molecule has 0 amide bonds. The van der Waals surface area contributed by atoms with Crippen LogP contribution in [-0.4, -0.2) is 17.3 Å². The Bertz CT molecular complexity index is 386. The lowest BCUT2D eigenvalue weighted by Gasteiger charge is -2.10. The Kier molecular flexibility index (Phi) is 4.44. The van der Waals surface area contributed by atoms with E-state index in [-0.39, 0.29) is 0 Å². The lowest BCUT2D eigenvalue weighted by molar-refractivity contribution is 0.454. The molecule has 0 aliphatic carbocycles. The SMILES string of the molecule is CC(NCCSc1ncco1)c1cccs1. The summed E-state index contributed by atoms with van der Waals surface area (Å²) in [6.45, 7) is 3.13. The maximum Gasteiger partial charge on any atom is 0.255 e. The van der Waals surface area contributed by atoms with Crippen molar-refractivity contribution in [3.8, 4) is 0 Å². The number of thioether (sulfide) groups is 1. The molecule has 0 spiro atoms. The summed E-state index contributed by atoms with van der Waals surface area (Å²) in [5, 5.41) is 6.32. The quantitative estimate of drug-likeness (QED) is 0.634. The molecular formula is C11H14N2OS2. The first-order valence-corrected chi connectivity index (χ1v) is 7.02. The van der Waals surface area contributed by atoms with E-state index in [0.29, 0.717) is 6.04 Å². The summed E-state index contributed by atoms with van der Waals surface area (Å²) in [7, 11) is 0. The molecule has 2 aromatic rings. The second-order valence-corrected chi connectivity index (χ2v) is 5.36. The zero-order valence-electron chi connectivity index (χ0n) is 9.05. The Balaban J connectivity index is 1.65. The molecular weight excluding hydrogens is 240 g/mol. The van der Waals surface area contributed by atoms with Crippen LogP contribution in [0.2, 0.25) is 0 Å². The van der Waals surface area contributed by atoms with Gasteiger partial charge in [-0.1, -0.05) is 17.8 Å². The Morgan fingerprint density at radius 1 is 1.62 bits per heavy atom. The predicted molar refractivity (Wildman–Crippen MR) is 68.0 cm³/mol. The highest BCUT2D eigenvalue weighted by Gasteiger charge is 2.05. The molecule has 1 N–H and O–H groups in total. The highest BCUT2D eigenvalue weighted by Crippen LogP contribution is 2.18. The summed E-state index contributed by atoms with van der Waals surface area (Å²) in [5.74, 6) is 0.968. The summed E-state index contributed by atoms with van der Waals surface area (Å²) in [4.78, 5) is 5.43. The zero-order valence-corrected chi connectivity index (χ0v) is 10.7. The van der Waals surface area contributed by atoms with Crippen LogP contribution in [0.5, 0.6) is 0 Å². The van der Waals surface area contributed by atoms with Crippen molar-refractivity contribution in [3.05, 3.63) is 34.8 Å². The Morgan fingerprint density at radius 3 is 3.25 bits per heavy atom. The number of hydrogen-bond donors (Lipinski definition) is 1. The third kappa shape index (κ3) is 3.37. The summed E-state index contributed by atoms with van der Waals surface area (Å²) < 4.78 is 5.14. The van der Waals surface area contributed by atoms with Gasteiger partial charge in [0.15, 0.2) is 0 Å². The van der Waals surface area contributed by atoms with Crippen LogP contribution < -0.4 is 5.32 Å². The van der Waals surface area contributed by atoms with E-state index in [9.17, 15) is 0 Å². The molecule has 0 saturated heterocycles. The van der Waals surface area contributed by atoms with Crippen molar-refractivity contribution >= 4 is 23.1 Å². The number of rotatable bonds is 6. The van der Waals surface area contributed by atoms with Crippen LogP contribution in [-0.2, 0) is 0 Å². The van der Waals surface area contributed by atoms with E-state index in [1.54, 1.807) is 35.6 Å². The van der Waals surface area contributed by atoms with Crippen molar-refractivity contribution in [2.75, 3.05) is 12.3 Å². The van der Waals surface area contributed by atoms with Gasteiger partial charge in [-0.15, -0.1) is 11.3 Å². The summed E-state index contributed by atoms with van der Waals surface area (Å²) in [6.07, 6.45) is 3.27.